The van der Waals surface area contributed by atoms with Crippen molar-refractivity contribution in [1.29, 1.82) is 0 Å². The third-order valence-electron chi connectivity index (χ3n) is 2.12. The Morgan fingerprint density at radius 1 is 1.00 bits per heavy atom. The van der Waals surface area contributed by atoms with Gasteiger partial charge in [-0.05, 0) is 12.1 Å². The van der Waals surface area contributed by atoms with Gasteiger partial charge < -0.3 is 13.3 Å². The first-order chi connectivity index (χ1) is 7.50. The summed E-state index contributed by atoms with van der Waals surface area (Å²) in [6.45, 7) is 0. The number of hydrogen-bond donors (Lipinski definition) is 0. The molecule has 0 saturated carbocycles. The summed E-state index contributed by atoms with van der Waals surface area (Å²) in [5.74, 6) is -1.52. The highest BCUT2D eigenvalue weighted by atomic mass is 79.9. The highest BCUT2D eigenvalue weighted by molar-refractivity contribution is 9.10. The lowest BCUT2D eigenvalue weighted by molar-refractivity contribution is 0.138. The van der Waals surface area contributed by atoms with E-state index in [1.165, 1.54) is 21.3 Å². The molecule has 0 saturated heterocycles. The van der Waals surface area contributed by atoms with E-state index in [9.17, 15) is 8.78 Å². The van der Waals surface area contributed by atoms with E-state index < -0.39 is 20.4 Å². The Hall–Kier alpha value is -0.343. The van der Waals surface area contributed by atoms with Crippen LogP contribution < -0.4 is 5.19 Å². The normalized spacial score (nSPS) is 11.9. The third-order valence-corrected chi connectivity index (χ3v) is 5.28. The first-order valence-electron chi connectivity index (χ1n) is 4.31. The molecule has 0 heterocycles. The Labute approximate surface area is 102 Å². The lowest BCUT2D eigenvalue weighted by Crippen LogP contribution is -2.57. The van der Waals surface area contributed by atoms with Crippen LogP contribution in [0.15, 0.2) is 16.6 Å². The topological polar surface area (TPSA) is 27.7 Å². The molecule has 7 heteroatoms. The van der Waals surface area contributed by atoms with Crippen LogP contribution in [0.1, 0.15) is 0 Å². The largest absolute Gasteiger partial charge is 0.542 e. The van der Waals surface area contributed by atoms with E-state index in [0.29, 0.717) is 4.47 Å². The van der Waals surface area contributed by atoms with Gasteiger partial charge in [-0.15, -0.1) is 0 Å². The predicted octanol–water partition coefficient (Wildman–Crippen LogP) is 1.81. The van der Waals surface area contributed by atoms with Crippen LogP contribution >= 0.6 is 15.9 Å². The summed E-state index contributed by atoms with van der Waals surface area (Å²) in [5.41, 5.74) is 0. The molecule has 0 aliphatic carbocycles. The molecule has 90 valence electrons. The van der Waals surface area contributed by atoms with E-state index in [1.807, 2.05) is 0 Å². The van der Waals surface area contributed by atoms with Crippen molar-refractivity contribution in [2.24, 2.45) is 0 Å². The number of rotatable bonds is 4. The van der Waals surface area contributed by atoms with Gasteiger partial charge in [-0.25, -0.2) is 8.78 Å². The van der Waals surface area contributed by atoms with Gasteiger partial charge in [0, 0.05) is 25.8 Å². The minimum atomic E-state index is -3.48. The van der Waals surface area contributed by atoms with Crippen LogP contribution in [0.3, 0.4) is 0 Å². The Bertz CT molecular complexity index is 354. The molecular formula is C9H11BrF2O3Si. The highest BCUT2D eigenvalue weighted by Gasteiger charge is 2.46. The second-order valence-corrected chi connectivity index (χ2v) is 6.67. The van der Waals surface area contributed by atoms with E-state index in [0.717, 1.165) is 12.1 Å². The van der Waals surface area contributed by atoms with Gasteiger partial charge in [0.1, 0.15) is 11.6 Å². The van der Waals surface area contributed by atoms with Crippen molar-refractivity contribution >= 4 is 29.9 Å². The number of halogens is 3. The van der Waals surface area contributed by atoms with Crippen LogP contribution in [0.25, 0.3) is 0 Å². The second-order valence-electron chi connectivity index (χ2n) is 2.91. The molecule has 1 rings (SSSR count). The van der Waals surface area contributed by atoms with Gasteiger partial charge in [0.15, 0.2) is 0 Å². The van der Waals surface area contributed by atoms with Crippen molar-refractivity contribution in [3.8, 4) is 0 Å². The van der Waals surface area contributed by atoms with Crippen molar-refractivity contribution in [3.63, 3.8) is 0 Å². The first-order valence-corrected chi connectivity index (χ1v) is 6.83. The van der Waals surface area contributed by atoms with Crippen LogP contribution in [-0.2, 0) is 13.3 Å². The quantitative estimate of drug-likeness (QED) is 0.794. The SMILES string of the molecule is CO[Si](OC)(OC)c1c(F)cc(Br)cc1F. The fourth-order valence-electron chi connectivity index (χ4n) is 1.39. The van der Waals surface area contributed by atoms with Crippen molar-refractivity contribution in [3.05, 3.63) is 28.2 Å². The molecule has 0 radical (unpaired) electrons. The maximum absolute atomic E-state index is 13.7. The molecule has 0 aromatic heterocycles. The Morgan fingerprint density at radius 2 is 1.38 bits per heavy atom. The van der Waals surface area contributed by atoms with Crippen LogP contribution in [-0.4, -0.2) is 30.1 Å². The fraction of sp³-hybridized carbons (Fsp3) is 0.333. The van der Waals surface area contributed by atoms with Crippen LogP contribution in [0.4, 0.5) is 8.78 Å². The van der Waals surface area contributed by atoms with Crippen molar-refractivity contribution < 1.29 is 22.1 Å². The first kappa shape index (κ1) is 13.7. The van der Waals surface area contributed by atoms with E-state index in [-0.39, 0.29) is 5.19 Å². The van der Waals surface area contributed by atoms with Crippen molar-refractivity contribution in [1.82, 2.24) is 0 Å². The lowest BCUT2D eigenvalue weighted by Gasteiger charge is -2.25. The summed E-state index contributed by atoms with van der Waals surface area (Å²) in [7, 11) is 0.399. The fourth-order valence-corrected chi connectivity index (χ4v) is 3.63. The minimum Gasteiger partial charge on any atom is -0.373 e. The average Bonchev–Trinajstić information content (AvgIpc) is 2.23. The van der Waals surface area contributed by atoms with Gasteiger partial charge in [0.25, 0.3) is 0 Å². The van der Waals surface area contributed by atoms with Gasteiger partial charge >= 0.3 is 8.80 Å². The number of benzene rings is 1. The summed E-state index contributed by atoms with van der Waals surface area (Å²) in [4.78, 5) is 0. The second kappa shape index (κ2) is 5.33. The van der Waals surface area contributed by atoms with E-state index in [2.05, 4.69) is 15.9 Å². The van der Waals surface area contributed by atoms with Gasteiger partial charge in [-0.1, -0.05) is 15.9 Å². The smallest absolute Gasteiger partial charge is 0.373 e. The minimum absolute atomic E-state index is 0.289. The zero-order valence-electron chi connectivity index (χ0n) is 9.01. The molecular weight excluding hydrogens is 302 g/mol. The summed E-state index contributed by atoms with van der Waals surface area (Å²) in [6, 6.07) is 2.27. The molecule has 0 atom stereocenters. The zero-order valence-corrected chi connectivity index (χ0v) is 11.6. The monoisotopic (exact) mass is 312 g/mol. The van der Waals surface area contributed by atoms with Crippen molar-refractivity contribution in [2.75, 3.05) is 21.3 Å². The molecule has 16 heavy (non-hydrogen) atoms. The highest BCUT2D eigenvalue weighted by Crippen LogP contribution is 2.17. The molecule has 1 aromatic carbocycles. The summed E-state index contributed by atoms with van der Waals surface area (Å²) in [5, 5.41) is -0.289. The van der Waals surface area contributed by atoms with Crippen LogP contribution in [0.5, 0.6) is 0 Å². The van der Waals surface area contributed by atoms with Gasteiger partial charge in [0.2, 0.25) is 0 Å². The predicted molar refractivity (Wildman–Crippen MR) is 60.5 cm³/mol. The summed E-state index contributed by atoms with van der Waals surface area (Å²) in [6.07, 6.45) is 0. The molecule has 0 N–H and O–H groups in total. The third kappa shape index (κ3) is 2.33. The van der Waals surface area contributed by atoms with E-state index in [4.69, 9.17) is 13.3 Å². The van der Waals surface area contributed by atoms with Gasteiger partial charge in [0.05, 0.1) is 5.19 Å². The molecule has 0 spiro atoms. The molecule has 0 fully saturated rings. The zero-order chi connectivity index (χ0) is 12.3. The van der Waals surface area contributed by atoms with Crippen LogP contribution in [0, 0.1) is 11.6 Å². The molecule has 0 unspecified atom stereocenters. The summed E-state index contributed by atoms with van der Waals surface area (Å²) >= 11 is 2.99. The standard InChI is InChI=1S/C9H11BrF2O3Si/c1-13-16(14-2,15-3)9-7(11)4-6(10)5-8(9)12/h4-5H,1-3H3. The maximum atomic E-state index is 13.7. The molecule has 3 nitrogen and oxygen atoms in total. The Morgan fingerprint density at radius 3 is 1.69 bits per heavy atom. The Balaban J connectivity index is 3.40. The Kier molecular flexibility index (Phi) is 4.57. The van der Waals surface area contributed by atoms with Gasteiger partial charge in [-0.3, -0.25) is 0 Å². The van der Waals surface area contributed by atoms with E-state index >= 15 is 0 Å². The molecule has 0 amide bonds. The summed E-state index contributed by atoms with van der Waals surface area (Å²) < 4.78 is 42.8. The molecule has 0 bridgehead atoms. The molecule has 0 aliphatic heterocycles. The molecule has 1 aromatic rings. The maximum Gasteiger partial charge on any atom is 0.542 e. The number of hydrogen-bond acceptors (Lipinski definition) is 3. The molecule has 0 aliphatic rings. The van der Waals surface area contributed by atoms with Crippen molar-refractivity contribution in [2.45, 2.75) is 0 Å². The van der Waals surface area contributed by atoms with Crippen LogP contribution in [0.2, 0.25) is 0 Å². The van der Waals surface area contributed by atoms with Gasteiger partial charge in [-0.2, -0.15) is 0 Å². The lowest BCUT2D eigenvalue weighted by atomic mass is 10.3. The average molecular weight is 313 g/mol. The van der Waals surface area contributed by atoms with E-state index in [1.54, 1.807) is 0 Å².